The molecule has 0 bridgehead atoms. The molecule has 1 heterocycles. The van der Waals surface area contributed by atoms with E-state index in [0.717, 1.165) is 0 Å². The summed E-state index contributed by atoms with van der Waals surface area (Å²) in [5, 5.41) is 0. The van der Waals surface area contributed by atoms with Crippen LogP contribution in [0.3, 0.4) is 0 Å². The van der Waals surface area contributed by atoms with E-state index in [1.807, 2.05) is 6.07 Å². The lowest BCUT2D eigenvalue weighted by atomic mass is 10.3. The highest BCUT2D eigenvalue weighted by Gasteiger charge is 2.17. The lowest BCUT2D eigenvalue weighted by molar-refractivity contribution is 0.341. The van der Waals surface area contributed by atoms with E-state index in [4.69, 9.17) is 4.74 Å². The van der Waals surface area contributed by atoms with Crippen molar-refractivity contribution in [1.29, 1.82) is 0 Å². The van der Waals surface area contributed by atoms with Gasteiger partial charge < -0.3 is 4.74 Å². The molecule has 0 amide bonds. The first-order chi connectivity index (χ1) is 14.6. The fraction of sp³-hybridized carbons (Fsp3) is 0.200. The lowest BCUT2D eigenvalue weighted by Gasteiger charge is -2.11. The molecule has 0 saturated heterocycles. The monoisotopic (exact) mass is 462 g/mol. The zero-order valence-electron chi connectivity index (χ0n) is 16.9. The molecule has 0 aliphatic heterocycles. The largest absolute Gasteiger partial charge is 0.492 e. The summed E-state index contributed by atoms with van der Waals surface area (Å²) < 4.78 is 59.8. The Hall–Kier alpha value is -3.18. The van der Waals surface area contributed by atoms with E-state index >= 15 is 0 Å². The number of ether oxygens (including phenoxy) is 1. The molecule has 11 heteroatoms. The number of anilines is 2. The summed E-state index contributed by atoms with van der Waals surface area (Å²) in [7, 11) is -7.56. The van der Waals surface area contributed by atoms with Gasteiger partial charge in [0.2, 0.25) is 10.0 Å². The topological polar surface area (TPSA) is 127 Å². The van der Waals surface area contributed by atoms with Crippen molar-refractivity contribution in [3.8, 4) is 5.75 Å². The van der Waals surface area contributed by atoms with E-state index in [1.54, 1.807) is 38.1 Å². The van der Waals surface area contributed by atoms with Crippen molar-refractivity contribution >= 4 is 31.6 Å². The molecular formula is C20H22N4O5S2. The van der Waals surface area contributed by atoms with Crippen LogP contribution in [0.4, 0.5) is 11.5 Å². The summed E-state index contributed by atoms with van der Waals surface area (Å²) in [6.07, 6.45) is 0. The normalized spacial score (nSPS) is 11.7. The second-order valence-corrected chi connectivity index (χ2v) is 10.2. The number of aryl methyl sites for hydroxylation is 2. The summed E-state index contributed by atoms with van der Waals surface area (Å²) in [4.78, 5) is 8.13. The molecule has 0 aliphatic rings. The van der Waals surface area contributed by atoms with Crippen LogP contribution in [-0.2, 0) is 20.0 Å². The second kappa shape index (κ2) is 9.31. The Balaban J connectivity index is 1.62. The average molecular weight is 463 g/mol. The highest BCUT2D eigenvalue weighted by molar-refractivity contribution is 7.93. The second-order valence-electron chi connectivity index (χ2n) is 6.65. The van der Waals surface area contributed by atoms with Gasteiger partial charge in [-0.15, -0.1) is 0 Å². The van der Waals surface area contributed by atoms with E-state index in [2.05, 4.69) is 19.4 Å². The molecule has 3 rings (SSSR count). The number of nitrogens with one attached hydrogen (secondary N) is 2. The van der Waals surface area contributed by atoms with Crippen LogP contribution in [-0.4, -0.2) is 39.2 Å². The predicted molar refractivity (Wildman–Crippen MR) is 118 cm³/mol. The van der Waals surface area contributed by atoms with Crippen molar-refractivity contribution in [3.05, 3.63) is 72.2 Å². The van der Waals surface area contributed by atoms with Crippen LogP contribution in [0.1, 0.15) is 11.5 Å². The number of nitrogens with zero attached hydrogens (tertiary/aromatic N) is 2. The molecule has 3 aromatic rings. The zero-order valence-corrected chi connectivity index (χ0v) is 18.6. The molecule has 0 aliphatic carbocycles. The number of rotatable bonds is 9. The molecule has 0 saturated carbocycles. The molecule has 0 spiro atoms. The maximum absolute atomic E-state index is 12.6. The lowest BCUT2D eigenvalue weighted by Crippen LogP contribution is -2.21. The zero-order chi connectivity index (χ0) is 22.5. The number of para-hydroxylation sites is 1. The van der Waals surface area contributed by atoms with Gasteiger partial charge in [0.15, 0.2) is 0 Å². The van der Waals surface area contributed by atoms with Crippen LogP contribution < -0.4 is 14.2 Å². The molecule has 164 valence electrons. The van der Waals surface area contributed by atoms with E-state index in [0.29, 0.717) is 17.3 Å². The first kappa shape index (κ1) is 22.5. The van der Waals surface area contributed by atoms with Crippen molar-refractivity contribution in [2.75, 3.05) is 21.8 Å². The third-order valence-electron chi connectivity index (χ3n) is 4.01. The summed E-state index contributed by atoms with van der Waals surface area (Å²) in [5.74, 6) is 0.927. The van der Waals surface area contributed by atoms with Crippen molar-refractivity contribution < 1.29 is 21.6 Å². The molecule has 0 fully saturated rings. The van der Waals surface area contributed by atoms with Gasteiger partial charge in [0.1, 0.15) is 29.8 Å². The fourth-order valence-corrected chi connectivity index (χ4v) is 4.58. The van der Waals surface area contributed by atoms with Crippen molar-refractivity contribution in [2.45, 2.75) is 18.7 Å². The van der Waals surface area contributed by atoms with Crippen LogP contribution in [0.5, 0.6) is 5.75 Å². The van der Waals surface area contributed by atoms with E-state index in [9.17, 15) is 16.8 Å². The van der Waals surface area contributed by atoms with Crippen LogP contribution >= 0.6 is 0 Å². The molecule has 31 heavy (non-hydrogen) atoms. The van der Waals surface area contributed by atoms with E-state index in [-0.39, 0.29) is 28.8 Å². The molecule has 9 nitrogen and oxygen atoms in total. The summed E-state index contributed by atoms with van der Waals surface area (Å²) in [5.41, 5.74) is 0.874. The Bertz CT molecular complexity index is 1230. The van der Waals surface area contributed by atoms with Gasteiger partial charge in [-0.2, -0.15) is 0 Å². The molecule has 0 unspecified atom stereocenters. The van der Waals surface area contributed by atoms with E-state index in [1.165, 1.54) is 30.3 Å². The molecule has 0 radical (unpaired) electrons. The molecular weight excluding hydrogens is 440 g/mol. The standard InChI is InChI=1S/C20H22N4O5S2/c1-15-14-20(22-16(2)21-15)24-31(27,28)19-10-8-17(9-11-19)23-30(25,26)13-12-29-18-6-4-3-5-7-18/h3-11,14,23H,12-13H2,1-2H3,(H,21,22,24). The minimum absolute atomic E-state index is 0.0203. The van der Waals surface area contributed by atoms with Gasteiger partial charge in [0.25, 0.3) is 10.0 Å². The van der Waals surface area contributed by atoms with Gasteiger partial charge in [-0.25, -0.2) is 26.8 Å². The van der Waals surface area contributed by atoms with Crippen LogP contribution in [0.15, 0.2) is 65.6 Å². The van der Waals surface area contributed by atoms with Gasteiger partial charge in [-0.05, 0) is 50.2 Å². The molecule has 2 N–H and O–H groups in total. The number of aromatic nitrogens is 2. The number of benzene rings is 2. The van der Waals surface area contributed by atoms with Crippen molar-refractivity contribution in [1.82, 2.24) is 9.97 Å². The maximum atomic E-state index is 12.6. The Morgan fingerprint density at radius 2 is 1.55 bits per heavy atom. The van der Waals surface area contributed by atoms with Gasteiger partial charge in [-0.1, -0.05) is 18.2 Å². The number of sulfonamides is 2. The Labute approximate surface area is 181 Å². The third kappa shape index (κ3) is 6.66. The van der Waals surface area contributed by atoms with Gasteiger partial charge >= 0.3 is 0 Å². The average Bonchev–Trinajstić information content (AvgIpc) is 2.67. The van der Waals surface area contributed by atoms with Crippen LogP contribution in [0.2, 0.25) is 0 Å². The first-order valence-corrected chi connectivity index (χ1v) is 12.4. The highest BCUT2D eigenvalue weighted by Crippen LogP contribution is 2.18. The van der Waals surface area contributed by atoms with Crippen molar-refractivity contribution in [3.63, 3.8) is 0 Å². The smallest absolute Gasteiger partial charge is 0.263 e. The Morgan fingerprint density at radius 3 is 2.19 bits per heavy atom. The highest BCUT2D eigenvalue weighted by atomic mass is 32.2. The summed E-state index contributed by atoms with van der Waals surface area (Å²) in [6, 6.07) is 15.8. The Kier molecular flexibility index (Phi) is 6.76. The molecule has 0 atom stereocenters. The third-order valence-corrected chi connectivity index (χ3v) is 6.63. The van der Waals surface area contributed by atoms with Crippen LogP contribution in [0, 0.1) is 13.8 Å². The van der Waals surface area contributed by atoms with Crippen molar-refractivity contribution in [2.24, 2.45) is 0 Å². The SMILES string of the molecule is Cc1cc(NS(=O)(=O)c2ccc(NS(=O)(=O)CCOc3ccccc3)cc2)nc(C)n1. The van der Waals surface area contributed by atoms with Gasteiger partial charge in [0.05, 0.1) is 4.90 Å². The minimum Gasteiger partial charge on any atom is -0.492 e. The van der Waals surface area contributed by atoms with Crippen LogP contribution in [0.25, 0.3) is 0 Å². The van der Waals surface area contributed by atoms with E-state index < -0.39 is 20.0 Å². The summed E-state index contributed by atoms with van der Waals surface area (Å²) in [6.45, 7) is 3.38. The maximum Gasteiger partial charge on any atom is 0.263 e. The minimum atomic E-state index is -3.89. The molecule has 2 aromatic carbocycles. The van der Waals surface area contributed by atoms with Gasteiger partial charge in [0, 0.05) is 17.4 Å². The summed E-state index contributed by atoms with van der Waals surface area (Å²) >= 11 is 0. The number of hydrogen-bond donors (Lipinski definition) is 2. The first-order valence-electron chi connectivity index (χ1n) is 9.26. The molecule has 1 aromatic heterocycles. The quantitative estimate of drug-likeness (QED) is 0.500. The fourth-order valence-electron chi connectivity index (χ4n) is 2.68. The van der Waals surface area contributed by atoms with Gasteiger partial charge in [-0.3, -0.25) is 9.44 Å². The Morgan fingerprint density at radius 1 is 0.871 bits per heavy atom. The number of hydrogen-bond acceptors (Lipinski definition) is 7. The predicted octanol–water partition coefficient (Wildman–Crippen LogP) is 2.71.